The van der Waals surface area contributed by atoms with Gasteiger partial charge in [-0.1, -0.05) is 36.4 Å². The second-order valence-electron chi connectivity index (χ2n) is 8.23. The number of carbonyl (C=O) groups excluding carboxylic acids is 1. The van der Waals surface area contributed by atoms with Crippen molar-refractivity contribution in [2.75, 3.05) is 20.8 Å². The molecule has 166 valence electrons. The predicted molar refractivity (Wildman–Crippen MR) is 126 cm³/mol. The first-order valence-electron chi connectivity index (χ1n) is 11.0. The summed E-state index contributed by atoms with van der Waals surface area (Å²) in [6.45, 7) is 4.85. The Bertz CT molecular complexity index is 1080. The number of hydrogen-bond donors (Lipinski definition) is 1. The van der Waals surface area contributed by atoms with Crippen LogP contribution in [0.15, 0.2) is 66.7 Å². The molecule has 1 aliphatic heterocycles. The number of methoxy groups -OCH3 is 2. The Morgan fingerprint density at radius 3 is 2.47 bits per heavy atom. The van der Waals surface area contributed by atoms with Gasteiger partial charge in [0.25, 0.3) is 5.91 Å². The Labute approximate surface area is 190 Å². The van der Waals surface area contributed by atoms with Gasteiger partial charge in [0.2, 0.25) is 0 Å². The summed E-state index contributed by atoms with van der Waals surface area (Å²) in [5.74, 6) is 1.34. The number of amides is 1. The average molecular weight is 431 g/mol. The zero-order valence-electron chi connectivity index (χ0n) is 18.9. The molecule has 1 aliphatic rings. The Kier molecular flexibility index (Phi) is 6.76. The molecule has 0 unspecified atom stereocenters. The number of carbonyl (C=O) groups is 1. The summed E-state index contributed by atoms with van der Waals surface area (Å²) in [6, 6.07) is 21.9. The van der Waals surface area contributed by atoms with Crippen molar-refractivity contribution in [1.82, 2.24) is 10.2 Å². The van der Waals surface area contributed by atoms with Crippen LogP contribution in [0.25, 0.3) is 0 Å². The highest BCUT2D eigenvalue weighted by atomic mass is 16.5. The Hall–Kier alpha value is -3.31. The van der Waals surface area contributed by atoms with E-state index in [0.29, 0.717) is 5.56 Å². The molecule has 32 heavy (non-hydrogen) atoms. The summed E-state index contributed by atoms with van der Waals surface area (Å²) in [5.41, 5.74) is 5.60. The highest BCUT2D eigenvalue weighted by molar-refractivity contribution is 5.94. The molecule has 1 amide bonds. The summed E-state index contributed by atoms with van der Waals surface area (Å²) >= 11 is 0. The van der Waals surface area contributed by atoms with Crippen LogP contribution in [0.1, 0.15) is 45.6 Å². The van der Waals surface area contributed by atoms with Crippen molar-refractivity contribution in [2.45, 2.75) is 32.5 Å². The largest absolute Gasteiger partial charge is 0.497 e. The molecule has 0 aliphatic carbocycles. The van der Waals surface area contributed by atoms with Gasteiger partial charge >= 0.3 is 0 Å². The normalized spacial score (nSPS) is 14.3. The number of nitrogens with zero attached hydrogens (tertiary/aromatic N) is 1. The predicted octanol–water partition coefficient (Wildman–Crippen LogP) is 4.75. The van der Waals surface area contributed by atoms with Crippen molar-refractivity contribution in [3.63, 3.8) is 0 Å². The lowest BCUT2D eigenvalue weighted by atomic mass is 9.99. The molecule has 0 fully saturated rings. The van der Waals surface area contributed by atoms with Crippen LogP contribution < -0.4 is 14.8 Å². The Balaban J connectivity index is 1.38. The number of benzene rings is 3. The fourth-order valence-corrected chi connectivity index (χ4v) is 4.24. The van der Waals surface area contributed by atoms with E-state index in [9.17, 15) is 4.79 Å². The van der Waals surface area contributed by atoms with Crippen LogP contribution >= 0.6 is 0 Å². The summed E-state index contributed by atoms with van der Waals surface area (Å²) in [6.07, 6.45) is 1.09. The molecule has 3 aromatic carbocycles. The van der Waals surface area contributed by atoms with E-state index >= 15 is 0 Å². The SMILES string of the molecule is COc1ccc(OC)c([C@@H](C)NC(=O)c2ccc(CN3CCc4ccccc4C3)cc2)c1. The highest BCUT2D eigenvalue weighted by Crippen LogP contribution is 2.29. The van der Waals surface area contributed by atoms with Crippen LogP contribution in [0.4, 0.5) is 0 Å². The molecule has 1 N–H and O–H groups in total. The van der Waals surface area contributed by atoms with Crippen LogP contribution in [0.3, 0.4) is 0 Å². The number of ether oxygens (including phenoxy) is 2. The first-order chi connectivity index (χ1) is 15.6. The van der Waals surface area contributed by atoms with Crippen LogP contribution in [-0.2, 0) is 19.5 Å². The molecular weight excluding hydrogens is 400 g/mol. The third-order valence-electron chi connectivity index (χ3n) is 6.08. The molecule has 4 rings (SSSR count). The summed E-state index contributed by atoms with van der Waals surface area (Å²) in [7, 11) is 3.25. The van der Waals surface area contributed by atoms with Gasteiger partial charge in [0.05, 0.1) is 20.3 Å². The van der Waals surface area contributed by atoms with Crippen LogP contribution in [0, 0.1) is 0 Å². The van der Waals surface area contributed by atoms with E-state index in [2.05, 4.69) is 34.5 Å². The van der Waals surface area contributed by atoms with Crippen LogP contribution in [-0.4, -0.2) is 31.6 Å². The van der Waals surface area contributed by atoms with E-state index in [4.69, 9.17) is 9.47 Å². The number of nitrogens with one attached hydrogen (secondary N) is 1. The van der Waals surface area contributed by atoms with Crippen molar-refractivity contribution in [3.8, 4) is 11.5 Å². The zero-order valence-corrected chi connectivity index (χ0v) is 18.9. The van der Waals surface area contributed by atoms with Crippen LogP contribution in [0.2, 0.25) is 0 Å². The second-order valence-corrected chi connectivity index (χ2v) is 8.23. The van der Waals surface area contributed by atoms with E-state index in [0.717, 1.165) is 43.1 Å². The zero-order chi connectivity index (χ0) is 22.5. The van der Waals surface area contributed by atoms with Gasteiger partial charge in [-0.15, -0.1) is 0 Å². The summed E-state index contributed by atoms with van der Waals surface area (Å²) in [4.78, 5) is 15.3. The average Bonchev–Trinajstić information content (AvgIpc) is 2.83. The van der Waals surface area contributed by atoms with Crippen molar-refractivity contribution < 1.29 is 14.3 Å². The third kappa shape index (κ3) is 4.94. The van der Waals surface area contributed by atoms with E-state index in [1.165, 1.54) is 16.7 Å². The minimum absolute atomic E-state index is 0.110. The third-order valence-corrected chi connectivity index (χ3v) is 6.08. The fourth-order valence-electron chi connectivity index (χ4n) is 4.24. The lowest BCUT2D eigenvalue weighted by molar-refractivity contribution is 0.0939. The molecule has 0 saturated heterocycles. The lowest BCUT2D eigenvalue weighted by Crippen LogP contribution is -2.30. The molecule has 1 heterocycles. The molecule has 3 aromatic rings. The maximum absolute atomic E-state index is 12.8. The van der Waals surface area contributed by atoms with Gasteiger partial charge in [0.15, 0.2) is 0 Å². The number of hydrogen-bond acceptors (Lipinski definition) is 4. The van der Waals surface area contributed by atoms with Gasteiger partial charge in [0, 0.05) is 30.8 Å². The quantitative estimate of drug-likeness (QED) is 0.588. The molecule has 5 nitrogen and oxygen atoms in total. The van der Waals surface area contributed by atoms with E-state index < -0.39 is 0 Å². The Morgan fingerprint density at radius 2 is 1.75 bits per heavy atom. The molecule has 1 atom stereocenters. The number of rotatable bonds is 7. The molecule has 0 bridgehead atoms. The topological polar surface area (TPSA) is 50.8 Å². The first kappa shape index (κ1) is 21.9. The van der Waals surface area contributed by atoms with Crippen molar-refractivity contribution >= 4 is 5.91 Å². The van der Waals surface area contributed by atoms with Crippen molar-refractivity contribution in [3.05, 3.63) is 94.5 Å². The molecule has 0 aromatic heterocycles. The number of fused-ring (bicyclic) bond motifs is 1. The van der Waals surface area contributed by atoms with Crippen molar-refractivity contribution in [1.29, 1.82) is 0 Å². The van der Waals surface area contributed by atoms with E-state index in [-0.39, 0.29) is 11.9 Å². The Morgan fingerprint density at radius 1 is 1.00 bits per heavy atom. The fraction of sp³-hybridized carbons (Fsp3) is 0.296. The van der Waals surface area contributed by atoms with E-state index in [1.54, 1.807) is 14.2 Å². The smallest absolute Gasteiger partial charge is 0.251 e. The maximum atomic E-state index is 12.8. The van der Waals surface area contributed by atoms with Crippen molar-refractivity contribution in [2.24, 2.45) is 0 Å². The molecule has 0 spiro atoms. The molecule has 5 heteroatoms. The minimum atomic E-state index is -0.222. The summed E-state index contributed by atoms with van der Waals surface area (Å²) in [5, 5.41) is 3.07. The lowest BCUT2D eigenvalue weighted by Gasteiger charge is -2.28. The summed E-state index contributed by atoms with van der Waals surface area (Å²) < 4.78 is 10.8. The van der Waals surface area contributed by atoms with Gasteiger partial charge in [-0.25, -0.2) is 0 Å². The monoisotopic (exact) mass is 430 g/mol. The van der Waals surface area contributed by atoms with Gasteiger partial charge in [-0.2, -0.15) is 0 Å². The van der Waals surface area contributed by atoms with Gasteiger partial charge in [-0.3, -0.25) is 9.69 Å². The maximum Gasteiger partial charge on any atom is 0.251 e. The van der Waals surface area contributed by atoms with Gasteiger partial charge < -0.3 is 14.8 Å². The molecule has 0 saturated carbocycles. The molecular formula is C27H30N2O3. The molecule has 0 radical (unpaired) electrons. The first-order valence-corrected chi connectivity index (χ1v) is 11.0. The standard InChI is InChI=1S/C27H30N2O3/c1-19(25-16-24(31-2)12-13-26(25)32-3)28-27(30)22-10-8-20(9-11-22)17-29-15-14-21-6-4-5-7-23(21)18-29/h4-13,16,19H,14-15,17-18H2,1-3H3,(H,28,30)/t19-/m1/s1. The van der Waals surface area contributed by atoms with Gasteiger partial charge in [0.1, 0.15) is 11.5 Å². The minimum Gasteiger partial charge on any atom is -0.497 e. The highest BCUT2D eigenvalue weighted by Gasteiger charge is 2.18. The van der Waals surface area contributed by atoms with Crippen LogP contribution in [0.5, 0.6) is 11.5 Å². The second kappa shape index (κ2) is 9.88. The van der Waals surface area contributed by atoms with Gasteiger partial charge in [-0.05, 0) is 60.4 Å². The van der Waals surface area contributed by atoms with E-state index in [1.807, 2.05) is 49.4 Å².